The summed E-state index contributed by atoms with van der Waals surface area (Å²) in [5.74, 6) is 1.03. The van der Waals surface area contributed by atoms with Gasteiger partial charge < -0.3 is 4.74 Å². The monoisotopic (exact) mass is 370 g/mol. The molecule has 0 spiro atoms. The Labute approximate surface area is 155 Å². The number of hydrazone groups is 1. The van der Waals surface area contributed by atoms with Crippen molar-refractivity contribution in [2.75, 3.05) is 17.6 Å². The van der Waals surface area contributed by atoms with Gasteiger partial charge in [0.15, 0.2) is 6.73 Å². The molecule has 0 N–H and O–H groups in total. The van der Waals surface area contributed by atoms with E-state index < -0.39 is 0 Å². The number of ether oxygens (including phenoxy) is 1. The third-order valence-corrected chi connectivity index (χ3v) is 4.69. The zero-order valence-electron chi connectivity index (χ0n) is 14.6. The molecule has 0 saturated carbocycles. The first-order valence-corrected chi connectivity index (χ1v) is 8.96. The molecular formula is C19H19ClN4O2. The molecule has 2 heterocycles. The maximum atomic E-state index is 13.0. The molecule has 0 radical (unpaired) electrons. The van der Waals surface area contributed by atoms with E-state index >= 15 is 0 Å². The van der Waals surface area contributed by atoms with Gasteiger partial charge in [-0.3, -0.25) is 9.13 Å². The van der Waals surface area contributed by atoms with Gasteiger partial charge in [-0.05, 0) is 42.8 Å². The van der Waals surface area contributed by atoms with Crippen LogP contribution in [0.3, 0.4) is 0 Å². The van der Waals surface area contributed by atoms with E-state index in [2.05, 4.69) is 5.10 Å². The molecule has 0 saturated heterocycles. The number of nitrogens with zero attached hydrogens (tertiary/aromatic N) is 4. The predicted octanol–water partition coefficient (Wildman–Crippen LogP) is 3.47. The first-order valence-electron chi connectivity index (χ1n) is 8.43. The molecule has 0 amide bonds. The molecule has 2 aromatic carbocycles. The second kappa shape index (κ2) is 6.53. The summed E-state index contributed by atoms with van der Waals surface area (Å²) in [5.41, 5.74) is 4.50. The van der Waals surface area contributed by atoms with Crippen molar-refractivity contribution in [1.82, 2.24) is 9.13 Å². The van der Waals surface area contributed by atoms with Crippen LogP contribution in [0.15, 0.2) is 52.4 Å². The van der Waals surface area contributed by atoms with Gasteiger partial charge in [0.05, 0.1) is 22.4 Å². The van der Waals surface area contributed by atoms with Gasteiger partial charge in [0, 0.05) is 19.3 Å². The predicted molar refractivity (Wildman–Crippen MR) is 105 cm³/mol. The summed E-state index contributed by atoms with van der Waals surface area (Å²) in [6, 6.07) is 13.7. The Kier molecular flexibility index (Phi) is 4.20. The number of hydrogen-bond donors (Lipinski definition) is 0. The van der Waals surface area contributed by atoms with E-state index in [1.165, 1.54) is 0 Å². The molecule has 0 atom stereocenters. The molecule has 0 fully saturated rings. The highest BCUT2D eigenvalue weighted by Gasteiger charge is 2.17. The first kappa shape index (κ1) is 16.7. The minimum atomic E-state index is -0.0823. The van der Waals surface area contributed by atoms with Crippen molar-refractivity contribution in [1.29, 1.82) is 0 Å². The number of para-hydroxylation sites is 1. The van der Waals surface area contributed by atoms with Crippen molar-refractivity contribution in [3.05, 3.63) is 58.5 Å². The highest BCUT2D eigenvalue weighted by atomic mass is 35.5. The van der Waals surface area contributed by atoms with E-state index in [9.17, 15) is 4.79 Å². The van der Waals surface area contributed by atoms with Crippen molar-refractivity contribution >= 4 is 34.2 Å². The van der Waals surface area contributed by atoms with Gasteiger partial charge in [0.25, 0.3) is 0 Å². The maximum absolute atomic E-state index is 13.0. The number of hydrogen-bond acceptors (Lipinski definition) is 4. The number of imidazole rings is 1. The smallest absolute Gasteiger partial charge is 0.333 e. The van der Waals surface area contributed by atoms with E-state index in [4.69, 9.17) is 16.3 Å². The first-order chi connectivity index (χ1) is 12.6. The lowest BCUT2D eigenvalue weighted by molar-refractivity contribution is 0.335. The molecular weight excluding hydrogens is 352 g/mol. The fourth-order valence-corrected chi connectivity index (χ4v) is 3.47. The van der Waals surface area contributed by atoms with Crippen LogP contribution in [-0.2, 0) is 11.3 Å². The van der Waals surface area contributed by atoms with Gasteiger partial charge in [0.1, 0.15) is 0 Å². The number of anilines is 1. The third-order valence-electron chi connectivity index (χ3n) is 4.52. The number of benzene rings is 2. The van der Waals surface area contributed by atoms with E-state index in [0.717, 1.165) is 28.0 Å². The number of aromatic nitrogens is 2. The Hall–Kier alpha value is -2.73. The summed E-state index contributed by atoms with van der Waals surface area (Å²) in [4.78, 5) is 13.0. The summed E-state index contributed by atoms with van der Waals surface area (Å²) in [5, 5.41) is 6.09. The Bertz CT molecular complexity index is 1050. The second-order valence-electron chi connectivity index (χ2n) is 6.21. The maximum Gasteiger partial charge on any atom is 0.333 e. The van der Waals surface area contributed by atoms with Gasteiger partial charge in [-0.1, -0.05) is 12.1 Å². The summed E-state index contributed by atoms with van der Waals surface area (Å²) >= 11 is 5.91. The van der Waals surface area contributed by atoms with Gasteiger partial charge in [0.2, 0.25) is 5.90 Å². The number of rotatable bonds is 4. The van der Waals surface area contributed by atoms with Crippen molar-refractivity contribution in [3.63, 3.8) is 0 Å². The molecule has 26 heavy (non-hydrogen) atoms. The van der Waals surface area contributed by atoms with E-state index in [0.29, 0.717) is 25.1 Å². The van der Waals surface area contributed by atoms with Crippen LogP contribution in [-0.4, -0.2) is 27.6 Å². The van der Waals surface area contributed by atoms with Crippen molar-refractivity contribution in [2.45, 2.75) is 20.4 Å². The average Bonchev–Trinajstić information content (AvgIpc) is 3.19. The molecule has 1 aromatic heterocycles. The van der Waals surface area contributed by atoms with E-state index in [1.807, 2.05) is 56.3 Å². The summed E-state index contributed by atoms with van der Waals surface area (Å²) in [6.45, 7) is 4.71. The normalized spacial score (nSPS) is 14.0. The highest BCUT2D eigenvalue weighted by molar-refractivity contribution is 6.17. The SMILES string of the molecule is CC1=NN(c2ccc(-n3c(=O)n(CCCl)c4cccc(C)c43)cc2)CO1. The number of halogens is 1. The van der Waals surface area contributed by atoms with Gasteiger partial charge in [-0.2, -0.15) is 0 Å². The molecule has 0 unspecified atom stereocenters. The third kappa shape index (κ3) is 2.66. The molecule has 6 nitrogen and oxygen atoms in total. The van der Waals surface area contributed by atoms with Crippen LogP contribution < -0.4 is 10.7 Å². The molecule has 134 valence electrons. The summed E-state index contributed by atoms with van der Waals surface area (Å²) in [6.07, 6.45) is 0. The molecule has 1 aliphatic rings. The number of aryl methyl sites for hydroxylation is 2. The van der Waals surface area contributed by atoms with Crippen molar-refractivity contribution in [3.8, 4) is 5.69 Å². The summed E-state index contributed by atoms with van der Waals surface area (Å²) in [7, 11) is 0. The lowest BCUT2D eigenvalue weighted by atomic mass is 10.2. The van der Waals surface area contributed by atoms with Gasteiger partial charge >= 0.3 is 5.69 Å². The number of alkyl halides is 1. The van der Waals surface area contributed by atoms with E-state index in [-0.39, 0.29) is 5.69 Å². The fraction of sp³-hybridized carbons (Fsp3) is 0.263. The van der Waals surface area contributed by atoms with Crippen LogP contribution in [0.4, 0.5) is 5.69 Å². The Morgan fingerprint density at radius 1 is 1.12 bits per heavy atom. The van der Waals surface area contributed by atoms with Crippen molar-refractivity contribution < 1.29 is 4.74 Å². The summed E-state index contributed by atoms with van der Waals surface area (Å²) < 4.78 is 8.84. The fourth-order valence-electron chi connectivity index (χ4n) is 3.30. The van der Waals surface area contributed by atoms with E-state index in [1.54, 1.807) is 14.1 Å². The molecule has 1 aliphatic heterocycles. The topological polar surface area (TPSA) is 51.8 Å². The zero-order valence-corrected chi connectivity index (χ0v) is 15.4. The zero-order chi connectivity index (χ0) is 18.3. The van der Waals surface area contributed by atoms with Crippen LogP contribution in [0.1, 0.15) is 12.5 Å². The molecule has 7 heteroatoms. The number of fused-ring (bicyclic) bond motifs is 1. The van der Waals surface area contributed by atoms with Crippen LogP contribution in [0.5, 0.6) is 0 Å². The van der Waals surface area contributed by atoms with Gasteiger partial charge in [-0.15, -0.1) is 16.7 Å². The molecule has 4 rings (SSSR count). The largest absolute Gasteiger partial charge is 0.457 e. The Morgan fingerprint density at radius 3 is 2.50 bits per heavy atom. The minimum absolute atomic E-state index is 0.0823. The van der Waals surface area contributed by atoms with Gasteiger partial charge in [-0.25, -0.2) is 9.80 Å². The standard InChI is InChI=1S/C19H19ClN4O2/c1-13-4-3-5-17-18(13)24(19(25)22(17)11-10-20)16-8-6-15(7-9-16)23-12-26-14(2)21-23/h3-9H,10-12H2,1-2H3. The lowest BCUT2D eigenvalue weighted by Gasteiger charge is -2.12. The minimum Gasteiger partial charge on any atom is -0.457 e. The van der Waals surface area contributed by atoms with Crippen LogP contribution >= 0.6 is 11.6 Å². The highest BCUT2D eigenvalue weighted by Crippen LogP contribution is 2.24. The Balaban J connectivity index is 1.84. The molecule has 0 aliphatic carbocycles. The van der Waals surface area contributed by atoms with Crippen LogP contribution in [0.25, 0.3) is 16.7 Å². The van der Waals surface area contributed by atoms with Crippen LogP contribution in [0.2, 0.25) is 0 Å². The quantitative estimate of drug-likeness (QED) is 0.661. The average molecular weight is 371 g/mol. The lowest BCUT2D eigenvalue weighted by Crippen LogP contribution is -2.24. The molecule has 0 bridgehead atoms. The van der Waals surface area contributed by atoms with Crippen molar-refractivity contribution in [2.24, 2.45) is 5.10 Å². The second-order valence-corrected chi connectivity index (χ2v) is 6.59. The molecule has 3 aromatic rings. The Morgan fingerprint density at radius 2 is 1.85 bits per heavy atom. The van der Waals surface area contributed by atoms with Crippen LogP contribution in [0, 0.1) is 6.92 Å².